The molecule has 1 aliphatic heterocycles. The summed E-state index contributed by atoms with van der Waals surface area (Å²) < 4.78 is 27.3. The molecule has 0 saturated carbocycles. The molecule has 2 N–H and O–H groups in total. The van der Waals surface area contributed by atoms with Gasteiger partial charge in [-0.3, -0.25) is 4.98 Å². The second-order valence-electron chi connectivity index (χ2n) is 6.14. The number of aromatic amines is 2. The molecule has 3 heterocycles. The number of aryl methyl sites for hydroxylation is 1. The minimum Gasteiger partial charge on any atom is -0.352 e. The molecule has 0 radical (unpaired) electrons. The summed E-state index contributed by atoms with van der Waals surface area (Å²) in [6.45, 7) is 3.70. The van der Waals surface area contributed by atoms with E-state index in [1.54, 1.807) is 18.5 Å². The highest BCUT2D eigenvalue weighted by atomic mass is 32.2. The fourth-order valence-electron chi connectivity index (χ4n) is 3.17. The van der Waals surface area contributed by atoms with Gasteiger partial charge in [0.05, 0.1) is 21.6 Å². The summed E-state index contributed by atoms with van der Waals surface area (Å²) in [5, 5.41) is 0. The minimum atomic E-state index is -3.63. The van der Waals surface area contributed by atoms with Crippen molar-refractivity contribution in [3.8, 4) is 0 Å². The lowest BCUT2D eigenvalue weighted by Gasteiger charge is -2.35. The average molecular weight is 374 g/mol. The number of rotatable bonds is 3. The molecule has 0 bridgehead atoms. The number of aromatic nitrogens is 4. The molecular weight excluding hydrogens is 356 g/mol. The molecule has 1 aromatic carbocycles. The molecule has 0 spiro atoms. The summed E-state index contributed by atoms with van der Waals surface area (Å²) in [7, 11) is -3.63. The number of benzene rings is 1. The number of fused-ring (bicyclic) bond motifs is 1. The summed E-state index contributed by atoms with van der Waals surface area (Å²) in [4.78, 5) is 27.3. The van der Waals surface area contributed by atoms with Crippen molar-refractivity contribution in [3.05, 3.63) is 46.8 Å². The number of piperazine rings is 1. The number of H-pyrrole nitrogens is 2. The van der Waals surface area contributed by atoms with E-state index in [0.717, 1.165) is 11.5 Å². The number of sulfonamides is 1. The molecule has 3 aromatic rings. The predicted octanol–water partition coefficient (Wildman–Crippen LogP) is 0.466. The van der Waals surface area contributed by atoms with Gasteiger partial charge in [-0.1, -0.05) is 0 Å². The third-order valence-electron chi connectivity index (χ3n) is 4.52. The second kappa shape index (κ2) is 6.22. The summed E-state index contributed by atoms with van der Waals surface area (Å²) in [5.41, 5.74) is 1.52. The maximum Gasteiger partial charge on any atom is 0.323 e. The van der Waals surface area contributed by atoms with E-state index in [1.165, 1.54) is 16.4 Å². The molecule has 0 atom stereocenters. The van der Waals surface area contributed by atoms with Crippen molar-refractivity contribution >= 4 is 26.9 Å². The topological polar surface area (TPSA) is 115 Å². The van der Waals surface area contributed by atoms with Crippen LogP contribution in [-0.4, -0.2) is 58.8 Å². The van der Waals surface area contributed by atoms with Gasteiger partial charge in [-0.05, 0) is 25.1 Å². The molecule has 4 rings (SSSR count). The molecule has 1 fully saturated rings. The van der Waals surface area contributed by atoms with Gasteiger partial charge in [0, 0.05) is 38.6 Å². The molecule has 10 heteroatoms. The highest BCUT2D eigenvalue weighted by Crippen LogP contribution is 2.22. The van der Waals surface area contributed by atoms with Gasteiger partial charge in [-0.2, -0.15) is 4.31 Å². The Balaban J connectivity index is 1.55. The molecule has 1 saturated heterocycles. The van der Waals surface area contributed by atoms with Crippen molar-refractivity contribution in [1.82, 2.24) is 24.2 Å². The molecule has 2 aromatic heterocycles. The zero-order chi connectivity index (χ0) is 18.3. The van der Waals surface area contributed by atoms with E-state index in [-0.39, 0.29) is 10.6 Å². The van der Waals surface area contributed by atoms with Crippen LogP contribution in [0.4, 0.5) is 5.82 Å². The van der Waals surface area contributed by atoms with Crippen LogP contribution in [0.2, 0.25) is 0 Å². The molecule has 9 nitrogen and oxygen atoms in total. The quantitative estimate of drug-likeness (QED) is 0.688. The van der Waals surface area contributed by atoms with Gasteiger partial charge in [-0.15, -0.1) is 0 Å². The van der Waals surface area contributed by atoms with Crippen molar-refractivity contribution in [2.75, 3.05) is 31.1 Å². The number of hydrogen-bond acceptors (Lipinski definition) is 6. The first-order valence-electron chi connectivity index (χ1n) is 8.20. The third kappa shape index (κ3) is 2.86. The van der Waals surface area contributed by atoms with Gasteiger partial charge >= 0.3 is 5.69 Å². The van der Waals surface area contributed by atoms with Crippen LogP contribution in [0.5, 0.6) is 0 Å². The van der Waals surface area contributed by atoms with Crippen LogP contribution in [0.25, 0.3) is 11.0 Å². The van der Waals surface area contributed by atoms with Crippen molar-refractivity contribution in [3.63, 3.8) is 0 Å². The van der Waals surface area contributed by atoms with E-state index >= 15 is 0 Å². The van der Waals surface area contributed by atoms with Crippen LogP contribution in [0.3, 0.4) is 0 Å². The number of nitrogens with one attached hydrogen (secondary N) is 2. The average Bonchev–Trinajstić information content (AvgIpc) is 3.01. The molecule has 0 amide bonds. The van der Waals surface area contributed by atoms with E-state index in [2.05, 4.69) is 19.9 Å². The highest BCUT2D eigenvalue weighted by molar-refractivity contribution is 7.89. The van der Waals surface area contributed by atoms with Crippen LogP contribution in [0.15, 0.2) is 40.3 Å². The van der Waals surface area contributed by atoms with E-state index in [1.807, 2.05) is 11.8 Å². The standard InChI is InChI=1S/C16H18N6O3S/c1-11-15(18-5-4-17-11)21-6-8-22(9-7-21)26(24,25)12-2-3-13-14(10-12)20-16(23)19-13/h2-5,10H,6-9H2,1H3,(H2,19,20,23). The number of nitrogens with zero attached hydrogens (tertiary/aromatic N) is 4. The van der Waals surface area contributed by atoms with Crippen molar-refractivity contribution in [2.45, 2.75) is 11.8 Å². The van der Waals surface area contributed by atoms with Gasteiger partial charge < -0.3 is 14.9 Å². The highest BCUT2D eigenvalue weighted by Gasteiger charge is 2.29. The number of hydrogen-bond donors (Lipinski definition) is 2. The molecule has 1 aliphatic rings. The normalized spacial score (nSPS) is 16.3. The molecule has 0 aliphatic carbocycles. The lowest BCUT2D eigenvalue weighted by molar-refractivity contribution is 0.383. The van der Waals surface area contributed by atoms with E-state index in [0.29, 0.717) is 37.2 Å². The third-order valence-corrected chi connectivity index (χ3v) is 6.41. The van der Waals surface area contributed by atoms with Gasteiger partial charge in [0.25, 0.3) is 0 Å². The predicted molar refractivity (Wildman–Crippen MR) is 96.7 cm³/mol. The van der Waals surface area contributed by atoms with Crippen molar-refractivity contribution in [1.29, 1.82) is 0 Å². The monoisotopic (exact) mass is 374 g/mol. The zero-order valence-corrected chi connectivity index (χ0v) is 15.0. The maximum atomic E-state index is 12.9. The second-order valence-corrected chi connectivity index (χ2v) is 8.08. The van der Waals surface area contributed by atoms with Gasteiger partial charge in [-0.25, -0.2) is 18.2 Å². The molecule has 0 unspecified atom stereocenters. The minimum absolute atomic E-state index is 0.171. The summed E-state index contributed by atoms with van der Waals surface area (Å²) in [6, 6.07) is 4.60. The van der Waals surface area contributed by atoms with Gasteiger partial charge in [0.15, 0.2) is 0 Å². The molecular formula is C16H18N6O3S. The SMILES string of the molecule is Cc1nccnc1N1CCN(S(=O)(=O)c2ccc3[nH]c(=O)[nH]c3c2)CC1. The molecule has 26 heavy (non-hydrogen) atoms. The lowest BCUT2D eigenvalue weighted by atomic mass is 10.3. The Hall–Kier alpha value is -2.72. The Morgan fingerprint density at radius 3 is 2.42 bits per heavy atom. The summed E-state index contributed by atoms with van der Waals surface area (Å²) >= 11 is 0. The van der Waals surface area contributed by atoms with Crippen molar-refractivity contribution < 1.29 is 8.42 Å². The fourth-order valence-corrected chi connectivity index (χ4v) is 4.62. The van der Waals surface area contributed by atoms with Crippen LogP contribution in [-0.2, 0) is 10.0 Å². The lowest BCUT2D eigenvalue weighted by Crippen LogP contribution is -2.49. The van der Waals surface area contributed by atoms with Crippen LogP contribution in [0, 0.1) is 6.92 Å². The first kappa shape index (κ1) is 16.7. The number of imidazole rings is 1. The fraction of sp³-hybridized carbons (Fsp3) is 0.312. The van der Waals surface area contributed by atoms with Crippen LogP contribution >= 0.6 is 0 Å². The summed E-state index contributed by atoms with van der Waals surface area (Å²) in [6.07, 6.45) is 3.28. The smallest absolute Gasteiger partial charge is 0.323 e. The van der Waals surface area contributed by atoms with E-state index < -0.39 is 10.0 Å². The first-order valence-corrected chi connectivity index (χ1v) is 9.64. The van der Waals surface area contributed by atoms with Gasteiger partial charge in [0.2, 0.25) is 10.0 Å². The Morgan fingerprint density at radius 1 is 1.00 bits per heavy atom. The number of anilines is 1. The largest absolute Gasteiger partial charge is 0.352 e. The van der Waals surface area contributed by atoms with Gasteiger partial charge in [0.1, 0.15) is 5.82 Å². The van der Waals surface area contributed by atoms with E-state index in [4.69, 9.17) is 0 Å². The van der Waals surface area contributed by atoms with Crippen molar-refractivity contribution in [2.24, 2.45) is 0 Å². The van der Waals surface area contributed by atoms with Crippen LogP contribution in [0.1, 0.15) is 5.69 Å². The Labute approximate surface area is 149 Å². The first-order chi connectivity index (χ1) is 12.4. The summed E-state index contributed by atoms with van der Waals surface area (Å²) in [5.74, 6) is 0.788. The van der Waals surface area contributed by atoms with Crippen LogP contribution < -0.4 is 10.6 Å². The maximum absolute atomic E-state index is 12.9. The Bertz CT molecular complexity index is 1110. The zero-order valence-electron chi connectivity index (χ0n) is 14.1. The Morgan fingerprint density at radius 2 is 1.69 bits per heavy atom. The van der Waals surface area contributed by atoms with E-state index in [9.17, 15) is 13.2 Å². The Kier molecular flexibility index (Phi) is 4.00. The molecule has 136 valence electrons.